The van der Waals surface area contributed by atoms with Crippen molar-refractivity contribution < 1.29 is 28.3 Å². The van der Waals surface area contributed by atoms with Crippen LogP contribution in [-0.2, 0) is 35.5 Å². The van der Waals surface area contributed by atoms with Gasteiger partial charge in [-0.25, -0.2) is 0 Å². The van der Waals surface area contributed by atoms with E-state index in [2.05, 4.69) is 39.5 Å². The smallest absolute Gasteiger partial charge is 0.258 e. The van der Waals surface area contributed by atoms with E-state index in [9.17, 15) is 9.59 Å². The third-order valence-electron chi connectivity index (χ3n) is 7.37. The van der Waals surface area contributed by atoms with Gasteiger partial charge < -0.3 is 29.4 Å². The summed E-state index contributed by atoms with van der Waals surface area (Å²) >= 11 is 0. The molecule has 2 amide bonds. The van der Waals surface area contributed by atoms with Crippen molar-refractivity contribution in [3.63, 3.8) is 0 Å². The van der Waals surface area contributed by atoms with Gasteiger partial charge in [-0.05, 0) is 54.2 Å². The number of nitrogens with zero attached hydrogens (tertiary/aromatic N) is 3. The highest BCUT2D eigenvalue weighted by atomic mass is 16.5. The molecular weight excluding hydrogens is 538 g/mol. The number of methoxy groups -OCH3 is 1. The average Bonchev–Trinajstić information content (AvgIpc) is 3.41. The molecule has 0 unspecified atom stereocenters. The van der Waals surface area contributed by atoms with Crippen LogP contribution in [0.15, 0.2) is 47.0 Å². The Morgan fingerprint density at radius 3 is 2.67 bits per heavy atom. The minimum Gasteiger partial charge on any atom is -0.493 e. The first-order chi connectivity index (χ1) is 20.3. The van der Waals surface area contributed by atoms with Crippen LogP contribution < -0.4 is 24.8 Å². The second-order valence-electron chi connectivity index (χ2n) is 11.3. The first kappa shape index (κ1) is 29.4. The predicted octanol–water partition coefficient (Wildman–Crippen LogP) is 3.06. The van der Waals surface area contributed by atoms with E-state index in [-0.39, 0.29) is 30.6 Å². The minimum atomic E-state index is -0.300. The van der Waals surface area contributed by atoms with Gasteiger partial charge in [0, 0.05) is 32.5 Å². The average molecular weight is 578 g/mol. The molecular formula is C31H39N5O6. The van der Waals surface area contributed by atoms with Crippen molar-refractivity contribution in [2.24, 2.45) is 5.92 Å². The van der Waals surface area contributed by atoms with Crippen LogP contribution in [0.4, 0.5) is 0 Å². The Hall–Kier alpha value is -4.12. The lowest BCUT2D eigenvalue weighted by Crippen LogP contribution is -2.57. The van der Waals surface area contributed by atoms with Gasteiger partial charge >= 0.3 is 0 Å². The van der Waals surface area contributed by atoms with Gasteiger partial charge in [0.25, 0.3) is 5.91 Å². The summed E-state index contributed by atoms with van der Waals surface area (Å²) in [6.07, 6.45) is 2.07. The molecule has 0 spiro atoms. The zero-order valence-electron chi connectivity index (χ0n) is 24.4. The lowest BCUT2D eigenvalue weighted by atomic mass is 10.0. The predicted molar refractivity (Wildman–Crippen MR) is 154 cm³/mol. The molecule has 2 aromatic carbocycles. The van der Waals surface area contributed by atoms with Crippen molar-refractivity contribution in [1.29, 1.82) is 0 Å². The third kappa shape index (κ3) is 8.00. The molecule has 1 saturated heterocycles. The number of carbonyl (C=O) groups is 2. The Morgan fingerprint density at radius 2 is 1.88 bits per heavy atom. The van der Waals surface area contributed by atoms with E-state index in [1.165, 1.54) is 0 Å². The second kappa shape index (κ2) is 13.7. The molecule has 11 nitrogen and oxygen atoms in total. The highest BCUT2D eigenvalue weighted by Gasteiger charge is 2.33. The van der Waals surface area contributed by atoms with E-state index in [0.29, 0.717) is 73.8 Å². The zero-order valence-corrected chi connectivity index (χ0v) is 24.4. The van der Waals surface area contributed by atoms with Gasteiger partial charge in [-0.15, -0.1) is 0 Å². The molecule has 3 aromatic rings. The molecule has 42 heavy (non-hydrogen) atoms. The topological polar surface area (TPSA) is 128 Å². The van der Waals surface area contributed by atoms with Crippen LogP contribution in [0.2, 0.25) is 0 Å². The fourth-order valence-corrected chi connectivity index (χ4v) is 5.19. The number of likely N-dealkylation sites (tertiary alicyclic amines) is 1. The summed E-state index contributed by atoms with van der Waals surface area (Å²) in [7, 11) is 1.55. The number of benzene rings is 2. The maximum absolute atomic E-state index is 13.1. The Kier molecular flexibility index (Phi) is 9.58. The molecule has 0 radical (unpaired) electrons. The van der Waals surface area contributed by atoms with Gasteiger partial charge in [0.2, 0.25) is 11.8 Å². The fourth-order valence-electron chi connectivity index (χ4n) is 5.19. The standard InChI is InChI=1S/C31H39N5O6/c1-20(2)14-31-34-28(35-42-31)18-36-13-12-25-24(17-36)33-30(38)19-40-26-10-6-21(15-27(26)39-3)7-11-29(37)32-16-22-4-8-23(41-25)9-5-22/h4-6,8-10,15,20,24-25H,7,11-14,16-19H2,1-3H3,(H,32,37)(H,33,38)/t24-,25-/m1/s1. The van der Waals surface area contributed by atoms with Crippen LogP contribution in [0, 0.1) is 5.92 Å². The molecule has 0 aliphatic carbocycles. The van der Waals surface area contributed by atoms with E-state index in [0.717, 1.165) is 24.1 Å². The van der Waals surface area contributed by atoms with Gasteiger partial charge in [-0.1, -0.05) is 37.2 Å². The molecule has 2 N–H and O–H groups in total. The molecule has 6 heterocycles. The Balaban J connectivity index is 1.32. The summed E-state index contributed by atoms with van der Waals surface area (Å²) in [6, 6.07) is 12.9. The monoisotopic (exact) mass is 577 g/mol. The molecule has 224 valence electrons. The maximum Gasteiger partial charge on any atom is 0.258 e. The molecule has 5 aliphatic heterocycles. The van der Waals surface area contributed by atoms with E-state index < -0.39 is 0 Å². The highest BCUT2D eigenvalue weighted by molar-refractivity contribution is 5.78. The SMILES string of the molecule is COc1cc2ccc1OCC(=O)N[C@@H]1CN(Cc3noc(CC(C)C)n3)CC[C@H]1Oc1ccc(cc1)CNC(=O)CC2. The van der Waals surface area contributed by atoms with Gasteiger partial charge in [-0.2, -0.15) is 4.98 Å². The normalized spacial score (nSPS) is 20.3. The first-order valence-electron chi connectivity index (χ1n) is 14.5. The van der Waals surface area contributed by atoms with Crippen LogP contribution >= 0.6 is 0 Å². The highest BCUT2D eigenvalue weighted by Crippen LogP contribution is 2.29. The first-order valence-corrected chi connectivity index (χ1v) is 14.5. The lowest BCUT2D eigenvalue weighted by molar-refractivity contribution is -0.125. The second-order valence-corrected chi connectivity index (χ2v) is 11.3. The number of carbonyl (C=O) groups excluding carboxylic acids is 2. The van der Waals surface area contributed by atoms with Gasteiger partial charge in [-0.3, -0.25) is 14.5 Å². The molecule has 1 aromatic heterocycles. The Morgan fingerprint density at radius 1 is 1.07 bits per heavy atom. The van der Waals surface area contributed by atoms with Crippen LogP contribution in [0.1, 0.15) is 49.5 Å². The van der Waals surface area contributed by atoms with Crippen molar-refractivity contribution in [1.82, 2.24) is 25.7 Å². The van der Waals surface area contributed by atoms with Crippen molar-refractivity contribution in [3.05, 3.63) is 65.3 Å². The number of hydrogen-bond donors (Lipinski definition) is 2. The quantitative estimate of drug-likeness (QED) is 0.470. The van der Waals surface area contributed by atoms with E-state index in [1.807, 2.05) is 36.4 Å². The Bertz CT molecular complexity index is 1360. The largest absolute Gasteiger partial charge is 0.493 e. The van der Waals surface area contributed by atoms with Crippen LogP contribution in [-0.4, -0.2) is 65.8 Å². The number of piperidine rings is 1. The van der Waals surface area contributed by atoms with Crippen molar-refractivity contribution in [3.8, 4) is 17.2 Å². The molecule has 4 bridgehead atoms. The van der Waals surface area contributed by atoms with Crippen molar-refractivity contribution in [2.45, 2.75) is 64.8 Å². The number of nitrogens with one attached hydrogen (secondary N) is 2. The van der Waals surface area contributed by atoms with Gasteiger partial charge in [0.05, 0.1) is 19.7 Å². The molecule has 5 aliphatic rings. The summed E-state index contributed by atoms with van der Waals surface area (Å²) in [5, 5.41) is 10.3. The summed E-state index contributed by atoms with van der Waals surface area (Å²) in [5.41, 5.74) is 1.92. The summed E-state index contributed by atoms with van der Waals surface area (Å²) in [6.45, 7) is 6.28. The number of hydrogen-bond acceptors (Lipinski definition) is 9. The fraction of sp³-hybridized carbons (Fsp3) is 0.484. The molecule has 8 rings (SSSR count). The van der Waals surface area contributed by atoms with Crippen LogP contribution in [0.3, 0.4) is 0 Å². The number of ether oxygens (including phenoxy) is 3. The third-order valence-corrected chi connectivity index (χ3v) is 7.37. The van der Waals surface area contributed by atoms with E-state index in [1.54, 1.807) is 13.2 Å². The summed E-state index contributed by atoms with van der Waals surface area (Å²) in [4.78, 5) is 32.3. The van der Waals surface area contributed by atoms with Crippen molar-refractivity contribution in [2.75, 3.05) is 26.8 Å². The summed E-state index contributed by atoms with van der Waals surface area (Å²) in [5.74, 6) is 3.07. The molecule has 0 saturated carbocycles. The molecule has 11 heteroatoms. The van der Waals surface area contributed by atoms with Crippen molar-refractivity contribution >= 4 is 11.8 Å². The minimum absolute atomic E-state index is 0.0349. The van der Waals surface area contributed by atoms with E-state index in [4.69, 9.17) is 18.7 Å². The van der Waals surface area contributed by atoms with Crippen LogP contribution in [0.5, 0.6) is 17.2 Å². The summed E-state index contributed by atoms with van der Waals surface area (Å²) < 4.78 is 23.2. The van der Waals surface area contributed by atoms with Gasteiger partial charge in [0.1, 0.15) is 11.9 Å². The number of aryl methyl sites for hydroxylation is 1. The van der Waals surface area contributed by atoms with E-state index >= 15 is 0 Å². The van der Waals surface area contributed by atoms with Gasteiger partial charge in [0.15, 0.2) is 23.9 Å². The zero-order chi connectivity index (χ0) is 29.5. The van der Waals surface area contributed by atoms with Crippen LogP contribution in [0.25, 0.3) is 0 Å². The number of rotatable bonds is 5. The molecule has 1 fully saturated rings. The Labute approximate surface area is 245 Å². The number of amides is 2. The molecule has 2 atom stereocenters. The number of aromatic nitrogens is 2. The lowest BCUT2D eigenvalue weighted by Gasteiger charge is -2.38. The maximum atomic E-state index is 13.1.